The second-order valence-corrected chi connectivity index (χ2v) is 5.27. The van der Waals surface area contributed by atoms with Gasteiger partial charge in [-0.3, -0.25) is 0 Å². The number of ether oxygens (including phenoxy) is 1. The van der Waals surface area contributed by atoms with Gasteiger partial charge in [0.1, 0.15) is 12.0 Å². The quantitative estimate of drug-likeness (QED) is 0.845. The molecular formula is C15H16BrNO3. The molecule has 0 saturated carbocycles. The maximum Gasteiger partial charge on any atom is 0.341 e. The average molecular weight is 338 g/mol. The van der Waals surface area contributed by atoms with Crippen molar-refractivity contribution in [3.8, 4) is 0 Å². The highest BCUT2D eigenvalue weighted by Gasteiger charge is 2.12. The molecule has 1 aromatic carbocycles. The summed E-state index contributed by atoms with van der Waals surface area (Å²) >= 11 is 3.53. The first kappa shape index (κ1) is 14.8. The molecule has 1 unspecified atom stereocenters. The van der Waals surface area contributed by atoms with Crippen LogP contribution in [-0.4, -0.2) is 13.1 Å². The van der Waals surface area contributed by atoms with E-state index < -0.39 is 0 Å². The molecule has 2 rings (SSSR count). The number of esters is 1. The van der Waals surface area contributed by atoms with Gasteiger partial charge in [-0.2, -0.15) is 0 Å². The number of nitrogens with one attached hydrogen (secondary N) is 1. The Morgan fingerprint density at radius 1 is 1.45 bits per heavy atom. The van der Waals surface area contributed by atoms with Crippen LogP contribution >= 0.6 is 15.9 Å². The van der Waals surface area contributed by atoms with Crippen LogP contribution in [0.25, 0.3) is 0 Å². The van der Waals surface area contributed by atoms with Crippen molar-refractivity contribution in [2.75, 3.05) is 7.11 Å². The van der Waals surface area contributed by atoms with E-state index in [1.54, 1.807) is 6.07 Å². The summed E-state index contributed by atoms with van der Waals surface area (Å²) in [5, 5.41) is 3.35. The molecule has 0 saturated heterocycles. The Morgan fingerprint density at radius 2 is 2.20 bits per heavy atom. The summed E-state index contributed by atoms with van der Waals surface area (Å²) in [6, 6.07) is 9.90. The number of benzene rings is 1. The fourth-order valence-electron chi connectivity index (χ4n) is 1.89. The van der Waals surface area contributed by atoms with Gasteiger partial charge in [0.2, 0.25) is 0 Å². The van der Waals surface area contributed by atoms with E-state index in [1.807, 2.05) is 18.2 Å². The number of carbonyl (C=O) groups is 1. The van der Waals surface area contributed by atoms with Crippen molar-refractivity contribution in [2.24, 2.45) is 0 Å². The van der Waals surface area contributed by atoms with Gasteiger partial charge in [0.25, 0.3) is 0 Å². The van der Waals surface area contributed by atoms with Gasteiger partial charge in [-0.25, -0.2) is 4.79 Å². The Hall–Kier alpha value is -1.59. The Balaban J connectivity index is 1.97. The number of hydrogen-bond donors (Lipinski definition) is 1. The lowest BCUT2D eigenvalue weighted by atomic mass is 10.1. The zero-order valence-corrected chi connectivity index (χ0v) is 12.9. The van der Waals surface area contributed by atoms with Crippen LogP contribution in [0.2, 0.25) is 0 Å². The maximum absolute atomic E-state index is 11.3. The van der Waals surface area contributed by atoms with Crippen molar-refractivity contribution in [2.45, 2.75) is 19.5 Å². The summed E-state index contributed by atoms with van der Waals surface area (Å²) in [5.41, 5.74) is 1.60. The van der Waals surface area contributed by atoms with Crippen molar-refractivity contribution in [3.63, 3.8) is 0 Å². The monoisotopic (exact) mass is 337 g/mol. The van der Waals surface area contributed by atoms with E-state index in [2.05, 4.69) is 39.0 Å². The van der Waals surface area contributed by atoms with Gasteiger partial charge in [-0.1, -0.05) is 34.1 Å². The Kier molecular flexibility index (Phi) is 4.98. The molecule has 5 heteroatoms. The van der Waals surface area contributed by atoms with Crippen LogP contribution < -0.4 is 5.32 Å². The lowest BCUT2D eigenvalue weighted by Crippen LogP contribution is -2.18. The van der Waals surface area contributed by atoms with Gasteiger partial charge < -0.3 is 14.5 Å². The molecule has 0 bridgehead atoms. The van der Waals surface area contributed by atoms with Crippen molar-refractivity contribution in [1.82, 2.24) is 5.32 Å². The van der Waals surface area contributed by atoms with Gasteiger partial charge in [-0.05, 0) is 24.6 Å². The number of methoxy groups -OCH3 is 1. The van der Waals surface area contributed by atoms with Crippen LogP contribution in [0.3, 0.4) is 0 Å². The zero-order chi connectivity index (χ0) is 14.5. The topological polar surface area (TPSA) is 51.5 Å². The van der Waals surface area contributed by atoms with Crippen LogP contribution in [0.15, 0.2) is 45.5 Å². The highest BCUT2D eigenvalue weighted by atomic mass is 79.9. The highest BCUT2D eigenvalue weighted by Crippen LogP contribution is 2.23. The third-order valence-corrected chi connectivity index (χ3v) is 3.75. The van der Waals surface area contributed by atoms with E-state index in [0.717, 1.165) is 4.47 Å². The van der Waals surface area contributed by atoms with Gasteiger partial charge in [-0.15, -0.1) is 0 Å². The predicted octanol–water partition coefficient (Wildman–Crippen LogP) is 3.68. The van der Waals surface area contributed by atoms with E-state index in [1.165, 1.54) is 18.9 Å². The number of hydrogen-bond acceptors (Lipinski definition) is 4. The molecule has 1 heterocycles. The molecule has 20 heavy (non-hydrogen) atoms. The first-order valence-electron chi connectivity index (χ1n) is 6.25. The van der Waals surface area contributed by atoms with Crippen LogP contribution in [0.5, 0.6) is 0 Å². The first-order valence-corrected chi connectivity index (χ1v) is 7.04. The molecule has 1 atom stereocenters. The Bertz CT molecular complexity index is 594. The minimum absolute atomic E-state index is 0.164. The summed E-state index contributed by atoms with van der Waals surface area (Å²) in [6.45, 7) is 2.61. The fourth-order valence-corrected chi connectivity index (χ4v) is 2.52. The predicted molar refractivity (Wildman–Crippen MR) is 79.4 cm³/mol. The molecule has 0 amide bonds. The molecule has 0 aliphatic carbocycles. The minimum Gasteiger partial charge on any atom is -0.467 e. The normalized spacial score (nSPS) is 12.2. The van der Waals surface area contributed by atoms with Crippen LogP contribution in [0, 0.1) is 0 Å². The molecule has 0 spiro atoms. The largest absolute Gasteiger partial charge is 0.467 e. The van der Waals surface area contributed by atoms with Gasteiger partial charge in [0.15, 0.2) is 0 Å². The second kappa shape index (κ2) is 6.72. The number of rotatable bonds is 5. The second-order valence-electron chi connectivity index (χ2n) is 4.42. The van der Waals surface area contributed by atoms with E-state index >= 15 is 0 Å². The third-order valence-electron chi connectivity index (χ3n) is 3.03. The Labute approximate surface area is 126 Å². The molecule has 0 aliphatic rings. The number of furan rings is 1. The van der Waals surface area contributed by atoms with Crippen molar-refractivity contribution < 1.29 is 13.9 Å². The van der Waals surface area contributed by atoms with E-state index in [9.17, 15) is 4.79 Å². The van der Waals surface area contributed by atoms with Gasteiger partial charge >= 0.3 is 5.97 Å². The van der Waals surface area contributed by atoms with Gasteiger partial charge in [0, 0.05) is 10.5 Å². The van der Waals surface area contributed by atoms with Crippen molar-refractivity contribution in [3.05, 3.63) is 58.0 Å². The molecule has 4 nitrogen and oxygen atoms in total. The minimum atomic E-state index is -0.390. The molecule has 1 N–H and O–H groups in total. The summed E-state index contributed by atoms with van der Waals surface area (Å²) in [6.07, 6.45) is 1.41. The molecule has 0 aliphatic heterocycles. The summed E-state index contributed by atoms with van der Waals surface area (Å²) in [5.74, 6) is 0.308. The third kappa shape index (κ3) is 3.49. The molecular weight excluding hydrogens is 322 g/mol. The molecule has 0 radical (unpaired) electrons. The number of carbonyl (C=O) groups excluding carboxylic acids is 1. The molecule has 1 aromatic heterocycles. The van der Waals surface area contributed by atoms with Crippen LogP contribution in [0.1, 0.15) is 34.6 Å². The molecule has 2 aromatic rings. The zero-order valence-electron chi connectivity index (χ0n) is 11.4. The number of halogens is 1. The van der Waals surface area contributed by atoms with E-state index in [0.29, 0.717) is 17.9 Å². The lowest BCUT2D eigenvalue weighted by molar-refractivity contribution is 0.0600. The lowest BCUT2D eigenvalue weighted by Gasteiger charge is -2.14. The first-order chi connectivity index (χ1) is 9.61. The fraction of sp³-hybridized carbons (Fsp3) is 0.267. The summed E-state index contributed by atoms with van der Waals surface area (Å²) in [4.78, 5) is 11.3. The van der Waals surface area contributed by atoms with Crippen molar-refractivity contribution in [1.29, 1.82) is 0 Å². The van der Waals surface area contributed by atoms with E-state index in [4.69, 9.17) is 4.42 Å². The molecule has 106 valence electrons. The van der Waals surface area contributed by atoms with Crippen LogP contribution in [0.4, 0.5) is 0 Å². The SMILES string of the molecule is COC(=O)c1coc(CNC(C)c2ccccc2Br)c1. The van der Waals surface area contributed by atoms with Crippen molar-refractivity contribution >= 4 is 21.9 Å². The standard InChI is InChI=1S/C15H16BrNO3/c1-10(13-5-3-4-6-14(13)16)17-8-12-7-11(9-20-12)15(18)19-2/h3-7,9-10,17H,8H2,1-2H3. The van der Waals surface area contributed by atoms with E-state index in [-0.39, 0.29) is 12.0 Å². The smallest absolute Gasteiger partial charge is 0.341 e. The Morgan fingerprint density at radius 3 is 2.90 bits per heavy atom. The summed E-state index contributed by atoms with van der Waals surface area (Å²) in [7, 11) is 1.35. The molecule has 0 fully saturated rings. The highest BCUT2D eigenvalue weighted by molar-refractivity contribution is 9.10. The average Bonchev–Trinajstić information content (AvgIpc) is 2.93. The van der Waals surface area contributed by atoms with Gasteiger partial charge in [0.05, 0.1) is 19.2 Å². The maximum atomic E-state index is 11.3. The summed E-state index contributed by atoms with van der Waals surface area (Å²) < 4.78 is 11.0. The van der Waals surface area contributed by atoms with Crippen LogP contribution in [-0.2, 0) is 11.3 Å².